The smallest absolute Gasteiger partial charge is 0.319 e. The number of anilines is 1. The van der Waals surface area contributed by atoms with Gasteiger partial charge in [-0.3, -0.25) is 14.5 Å². The average Bonchev–Trinajstić information content (AvgIpc) is 2.89. The predicted octanol–water partition coefficient (Wildman–Crippen LogP) is 2.65. The molecule has 1 saturated heterocycles. The summed E-state index contributed by atoms with van der Waals surface area (Å²) in [5, 5.41) is 2.67. The number of benzene rings is 2. The molecular formula is C20H20FN3O3. The molecule has 2 aromatic rings. The summed E-state index contributed by atoms with van der Waals surface area (Å²) in [6, 6.07) is 13.7. The van der Waals surface area contributed by atoms with Gasteiger partial charge in [-0.25, -0.2) is 9.18 Å². The molecule has 2 aromatic carbocycles. The quantitative estimate of drug-likeness (QED) is 0.824. The largest absolute Gasteiger partial charge is 0.325 e. The molecule has 0 spiro atoms. The molecule has 140 valence electrons. The van der Waals surface area contributed by atoms with Crippen LogP contribution in [-0.2, 0) is 15.1 Å². The number of amides is 4. The van der Waals surface area contributed by atoms with Gasteiger partial charge < -0.3 is 10.2 Å². The Labute approximate surface area is 156 Å². The maximum Gasteiger partial charge on any atom is 0.325 e. The zero-order valence-electron chi connectivity index (χ0n) is 15.1. The normalized spacial score (nSPS) is 19.1. The molecule has 4 amide bonds. The van der Waals surface area contributed by atoms with Crippen LogP contribution in [0.1, 0.15) is 19.4 Å². The van der Waals surface area contributed by atoms with Crippen molar-refractivity contribution >= 4 is 23.5 Å². The fraction of sp³-hybridized carbons (Fsp3) is 0.250. The molecule has 27 heavy (non-hydrogen) atoms. The third kappa shape index (κ3) is 3.40. The number of carbonyl (C=O) groups excluding carboxylic acids is 3. The summed E-state index contributed by atoms with van der Waals surface area (Å²) in [4.78, 5) is 40.3. The minimum atomic E-state index is -1.22. The molecule has 1 N–H and O–H groups in total. The molecule has 0 bridgehead atoms. The number of nitrogens with one attached hydrogen (secondary N) is 1. The summed E-state index contributed by atoms with van der Waals surface area (Å²) in [5.74, 6) is -1.32. The maximum absolute atomic E-state index is 13.1. The van der Waals surface area contributed by atoms with Crippen LogP contribution in [0.15, 0.2) is 54.6 Å². The molecule has 1 aliphatic heterocycles. The number of rotatable bonds is 5. The number of likely N-dealkylation sites (N-methyl/N-ethyl adjacent to an activating group) is 1. The van der Waals surface area contributed by atoms with Gasteiger partial charge >= 0.3 is 6.03 Å². The van der Waals surface area contributed by atoms with E-state index in [1.807, 2.05) is 6.07 Å². The van der Waals surface area contributed by atoms with Crippen LogP contribution < -0.4 is 10.2 Å². The van der Waals surface area contributed by atoms with Gasteiger partial charge in [-0.2, -0.15) is 0 Å². The van der Waals surface area contributed by atoms with E-state index in [0.29, 0.717) is 17.8 Å². The van der Waals surface area contributed by atoms with E-state index in [1.54, 1.807) is 38.1 Å². The predicted molar refractivity (Wildman–Crippen MR) is 98.5 cm³/mol. The van der Waals surface area contributed by atoms with E-state index in [0.717, 1.165) is 4.90 Å². The Morgan fingerprint density at radius 1 is 1.11 bits per heavy atom. The Kier molecular flexibility index (Phi) is 4.94. The van der Waals surface area contributed by atoms with Gasteiger partial charge in [0, 0.05) is 12.2 Å². The molecule has 0 saturated carbocycles. The van der Waals surface area contributed by atoms with E-state index in [2.05, 4.69) is 5.32 Å². The van der Waals surface area contributed by atoms with Gasteiger partial charge in [0.25, 0.3) is 5.91 Å². The minimum Gasteiger partial charge on any atom is -0.319 e. The van der Waals surface area contributed by atoms with Crippen LogP contribution in [0.25, 0.3) is 0 Å². The number of halogens is 1. The van der Waals surface area contributed by atoms with Gasteiger partial charge in [0.15, 0.2) is 0 Å². The zero-order chi connectivity index (χ0) is 19.6. The van der Waals surface area contributed by atoms with Gasteiger partial charge in [-0.1, -0.05) is 30.3 Å². The van der Waals surface area contributed by atoms with Crippen molar-refractivity contribution in [1.82, 2.24) is 10.2 Å². The SMILES string of the molecule is CCN(C(=O)CN1C(=O)N[C@](C)(c2ccccc2)C1=O)c1ccc(F)cc1. The average molecular weight is 369 g/mol. The van der Waals surface area contributed by atoms with Crippen molar-refractivity contribution in [3.8, 4) is 0 Å². The zero-order valence-corrected chi connectivity index (χ0v) is 15.1. The number of imide groups is 1. The van der Waals surface area contributed by atoms with Crippen LogP contribution in [-0.4, -0.2) is 35.8 Å². The third-order valence-corrected chi connectivity index (χ3v) is 4.68. The van der Waals surface area contributed by atoms with Crippen molar-refractivity contribution in [3.05, 3.63) is 66.0 Å². The lowest BCUT2D eigenvalue weighted by Gasteiger charge is -2.24. The Balaban J connectivity index is 1.80. The van der Waals surface area contributed by atoms with E-state index in [-0.39, 0.29) is 0 Å². The molecule has 1 atom stereocenters. The van der Waals surface area contributed by atoms with Gasteiger partial charge in [0.05, 0.1) is 0 Å². The highest BCUT2D eigenvalue weighted by molar-refractivity contribution is 6.10. The van der Waals surface area contributed by atoms with Crippen molar-refractivity contribution in [2.75, 3.05) is 18.0 Å². The number of hydrogen-bond acceptors (Lipinski definition) is 3. The van der Waals surface area contributed by atoms with E-state index in [1.165, 1.54) is 29.2 Å². The lowest BCUT2D eigenvalue weighted by molar-refractivity contribution is -0.134. The van der Waals surface area contributed by atoms with Crippen LogP contribution >= 0.6 is 0 Å². The Morgan fingerprint density at radius 3 is 2.33 bits per heavy atom. The molecule has 1 aliphatic rings. The van der Waals surface area contributed by atoms with E-state index < -0.39 is 35.7 Å². The topological polar surface area (TPSA) is 69.7 Å². The Bertz CT molecular complexity index is 870. The molecule has 0 unspecified atom stereocenters. The number of carbonyl (C=O) groups is 3. The summed E-state index contributed by atoms with van der Waals surface area (Å²) in [6.45, 7) is 3.31. The lowest BCUT2D eigenvalue weighted by Crippen LogP contribution is -2.44. The molecule has 1 fully saturated rings. The lowest BCUT2D eigenvalue weighted by atomic mass is 9.92. The van der Waals surface area contributed by atoms with E-state index in [9.17, 15) is 18.8 Å². The van der Waals surface area contributed by atoms with Gasteiger partial charge in [0.1, 0.15) is 17.9 Å². The van der Waals surface area contributed by atoms with E-state index >= 15 is 0 Å². The number of nitrogens with zero attached hydrogens (tertiary/aromatic N) is 2. The second-order valence-corrected chi connectivity index (χ2v) is 6.43. The minimum absolute atomic E-state index is 0.323. The Morgan fingerprint density at radius 2 is 1.74 bits per heavy atom. The van der Waals surface area contributed by atoms with Gasteiger partial charge in [-0.05, 0) is 43.7 Å². The van der Waals surface area contributed by atoms with Crippen LogP contribution in [0.4, 0.5) is 14.9 Å². The first-order valence-electron chi connectivity index (χ1n) is 8.62. The van der Waals surface area contributed by atoms with Crippen molar-refractivity contribution < 1.29 is 18.8 Å². The summed E-state index contributed by atoms with van der Waals surface area (Å²) < 4.78 is 13.1. The van der Waals surface area contributed by atoms with E-state index in [4.69, 9.17) is 0 Å². The van der Waals surface area contributed by atoms with Crippen molar-refractivity contribution in [1.29, 1.82) is 0 Å². The van der Waals surface area contributed by atoms with Crippen molar-refractivity contribution in [3.63, 3.8) is 0 Å². The maximum atomic E-state index is 13.1. The van der Waals surface area contributed by atoms with Gasteiger partial charge in [0.2, 0.25) is 5.91 Å². The molecule has 6 nitrogen and oxygen atoms in total. The molecule has 0 radical (unpaired) electrons. The summed E-state index contributed by atoms with van der Waals surface area (Å²) >= 11 is 0. The van der Waals surface area contributed by atoms with Crippen LogP contribution in [0.2, 0.25) is 0 Å². The fourth-order valence-electron chi connectivity index (χ4n) is 3.15. The highest BCUT2D eigenvalue weighted by atomic mass is 19.1. The molecule has 0 aliphatic carbocycles. The number of urea groups is 1. The summed E-state index contributed by atoms with van der Waals surface area (Å²) in [6.07, 6.45) is 0. The second-order valence-electron chi connectivity index (χ2n) is 6.43. The highest BCUT2D eigenvalue weighted by Gasteiger charge is 2.49. The second kappa shape index (κ2) is 7.19. The Hall–Kier alpha value is -3.22. The fourth-order valence-corrected chi connectivity index (χ4v) is 3.15. The summed E-state index contributed by atoms with van der Waals surface area (Å²) in [7, 11) is 0. The highest BCUT2D eigenvalue weighted by Crippen LogP contribution is 2.28. The first-order chi connectivity index (χ1) is 12.9. The molecule has 3 rings (SSSR count). The first-order valence-corrected chi connectivity index (χ1v) is 8.62. The molecule has 1 heterocycles. The molecule has 7 heteroatoms. The van der Waals surface area contributed by atoms with Crippen molar-refractivity contribution in [2.45, 2.75) is 19.4 Å². The van der Waals surface area contributed by atoms with Crippen LogP contribution in [0.3, 0.4) is 0 Å². The first kappa shape index (κ1) is 18.6. The van der Waals surface area contributed by atoms with Gasteiger partial charge in [-0.15, -0.1) is 0 Å². The third-order valence-electron chi connectivity index (χ3n) is 4.68. The summed E-state index contributed by atoms with van der Waals surface area (Å²) in [5.41, 5.74) is -0.0723. The van der Waals surface area contributed by atoms with Crippen molar-refractivity contribution in [2.24, 2.45) is 0 Å². The molecular weight excluding hydrogens is 349 g/mol. The standard InChI is InChI=1S/C20H20FN3O3/c1-3-23(16-11-9-15(21)10-12-16)17(25)13-24-18(26)20(2,22-19(24)27)14-7-5-4-6-8-14/h4-12H,3,13H2,1-2H3,(H,22,27)/t20-/m1/s1. The monoisotopic (exact) mass is 369 g/mol. The van der Waals surface area contributed by atoms with Crippen LogP contribution in [0.5, 0.6) is 0 Å². The number of hydrogen-bond donors (Lipinski definition) is 1. The molecule has 0 aromatic heterocycles. The van der Waals surface area contributed by atoms with Crippen LogP contribution in [0, 0.1) is 5.82 Å².